The fourth-order valence-electron chi connectivity index (χ4n) is 2.65. The maximum absolute atomic E-state index is 13.2. The number of benzene rings is 2. The summed E-state index contributed by atoms with van der Waals surface area (Å²) in [4.78, 5) is 12.1. The van der Waals surface area contributed by atoms with Crippen LogP contribution in [0.5, 0.6) is 5.75 Å². The molecule has 2 aromatic carbocycles. The molecule has 1 amide bonds. The summed E-state index contributed by atoms with van der Waals surface area (Å²) in [5.41, 5.74) is 1.70. The van der Waals surface area contributed by atoms with Gasteiger partial charge in [0.15, 0.2) is 6.10 Å². The van der Waals surface area contributed by atoms with Gasteiger partial charge in [-0.25, -0.2) is 4.39 Å². The van der Waals surface area contributed by atoms with E-state index in [1.807, 2.05) is 30.3 Å². The highest BCUT2D eigenvalue weighted by molar-refractivity contribution is 5.82. The summed E-state index contributed by atoms with van der Waals surface area (Å²) in [5, 5.41) is 12.7. The molecule has 2 unspecified atom stereocenters. The van der Waals surface area contributed by atoms with Crippen molar-refractivity contribution in [2.45, 2.75) is 25.0 Å². The molecule has 0 saturated heterocycles. The lowest BCUT2D eigenvalue weighted by Crippen LogP contribution is -2.41. The van der Waals surface area contributed by atoms with Gasteiger partial charge in [-0.15, -0.1) is 0 Å². The average Bonchev–Trinajstić information content (AvgIpc) is 2.96. The molecule has 1 aliphatic heterocycles. The van der Waals surface area contributed by atoms with Gasteiger partial charge >= 0.3 is 0 Å². The normalized spacial score (nSPS) is 17.2. The molecule has 1 aliphatic rings. The van der Waals surface area contributed by atoms with Gasteiger partial charge in [0.2, 0.25) is 0 Å². The van der Waals surface area contributed by atoms with Crippen molar-refractivity contribution < 1.29 is 19.0 Å². The van der Waals surface area contributed by atoms with Crippen LogP contribution >= 0.6 is 0 Å². The Hall–Kier alpha value is -2.40. The van der Waals surface area contributed by atoms with Crippen LogP contribution in [0.2, 0.25) is 0 Å². The van der Waals surface area contributed by atoms with E-state index in [-0.39, 0.29) is 18.3 Å². The predicted molar refractivity (Wildman–Crippen MR) is 83.7 cm³/mol. The van der Waals surface area contributed by atoms with E-state index in [1.54, 1.807) is 0 Å². The topological polar surface area (TPSA) is 58.6 Å². The van der Waals surface area contributed by atoms with Crippen LogP contribution in [0, 0.1) is 5.82 Å². The molecule has 4 nitrogen and oxygen atoms in total. The molecular weight excluding hydrogens is 297 g/mol. The zero-order chi connectivity index (χ0) is 16.2. The van der Waals surface area contributed by atoms with Crippen molar-refractivity contribution in [3.63, 3.8) is 0 Å². The summed E-state index contributed by atoms with van der Waals surface area (Å²) in [6.45, 7) is 0.151. The Morgan fingerprint density at radius 2 is 2.09 bits per heavy atom. The van der Waals surface area contributed by atoms with Crippen molar-refractivity contribution in [2.75, 3.05) is 6.54 Å². The van der Waals surface area contributed by atoms with Crippen molar-refractivity contribution in [3.8, 4) is 5.75 Å². The molecule has 0 saturated carbocycles. The number of aliphatic hydroxyl groups is 1. The number of carbonyl (C=O) groups excluding carboxylic acids is 1. The van der Waals surface area contributed by atoms with Crippen LogP contribution in [0.1, 0.15) is 11.1 Å². The van der Waals surface area contributed by atoms with E-state index in [0.29, 0.717) is 24.2 Å². The minimum absolute atomic E-state index is 0.151. The number of rotatable bonds is 5. The second-order valence-corrected chi connectivity index (χ2v) is 5.65. The van der Waals surface area contributed by atoms with E-state index in [1.165, 1.54) is 18.2 Å². The SMILES string of the molecule is O=C(NCC(O)Cc1ccccc1)C1Cc2cc(F)ccc2O1. The van der Waals surface area contributed by atoms with Gasteiger partial charge in [-0.2, -0.15) is 0 Å². The third-order valence-corrected chi connectivity index (χ3v) is 3.82. The second-order valence-electron chi connectivity index (χ2n) is 5.65. The Kier molecular flexibility index (Phi) is 4.57. The molecule has 2 N–H and O–H groups in total. The van der Waals surface area contributed by atoms with Gasteiger partial charge < -0.3 is 15.2 Å². The Labute approximate surface area is 133 Å². The number of halogens is 1. The standard InChI is InChI=1S/C18H18FNO3/c19-14-6-7-16-13(9-14)10-17(23-16)18(22)20-11-15(21)8-12-4-2-1-3-5-12/h1-7,9,15,17,21H,8,10-11H2,(H,20,22). The number of aliphatic hydroxyl groups excluding tert-OH is 1. The third kappa shape index (κ3) is 3.87. The van der Waals surface area contributed by atoms with Crippen molar-refractivity contribution in [1.82, 2.24) is 5.32 Å². The monoisotopic (exact) mass is 315 g/mol. The molecule has 0 bridgehead atoms. The number of carbonyl (C=O) groups is 1. The highest BCUT2D eigenvalue weighted by atomic mass is 19.1. The molecule has 0 radical (unpaired) electrons. The zero-order valence-electron chi connectivity index (χ0n) is 12.5. The Bertz CT molecular complexity index is 690. The maximum atomic E-state index is 13.2. The molecule has 0 aromatic heterocycles. The largest absolute Gasteiger partial charge is 0.480 e. The molecule has 5 heteroatoms. The first-order chi connectivity index (χ1) is 11.1. The van der Waals surface area contributed by atoms with E-state index >= 15 is 0 Å². The van der Waals surface area contributed by atoms with Crippen LogP contribution in [0.25, 0.3) is 0 Å². The number of ether oxygens (including phenoxy) is 1. The van der Waals surface area contributed by atoms with E-state index in [9.17, 15) is 14.3 Å². The van der Waals surface area contributed by atoms with Gasteiger partial charge in [-0.05, 0) is 23.8 Å². The predicted octanol–water partition coefficient (Wildman–Crippen LogP) is 1.85. The highest BCUT2D eigenvalue weighted by Gasteiger charge is 2.29. The smallest absolute Gasteiger partial charge is 0.261 e. The van der Waals surface area contributed by atoms with Crippen molar-refractivity contribution in [3.05, 3.63) is 65.5 Å². The van der Waals surface area contributed by atoms with Crippen LogP contribution in [0.15, 0.2) is 48.5 Å². The molecule has 2 atom stereocenters. The summed E-state index contributed by atoms with van der Waals surface area (Å²) >= 11 is 0. The van der Waals surface area contributed by atoms with Crippen molar-refractivity contribution >= 4 is 5.91 Å². The molecule has 1 heterocycles. The molecule has 23 heavy (non-hydrogen) atoms. The fraction of sp³-hybridized carbons (Fsp3) is 0.278. The summed E-state index contributed by atoms with van der Waals surface area (Å²) in [6, 6.07) is 13.8. The number of hydrogen-bond acceptors (Lipinski definition) is 3. The van der Waals surface area contributed by atoms with Crippen LogP contribution < -0.4 is 10.1 Å². The number of fused-ring (bicyclic) bond motifs is 1. The summed E-state index contributed by atoms with van der Waals surface area (Å²) < 4.78 is 18.7. The first-order valence-corrected chi connectivity index (χ1v) is 7.56. The van der Waals surface area contributed by atoms with Gasteiger partial charge in [0.1, 0.15) is 11.6 Å². The van der Waals surface area contributed by atoms with E-state index in [0.717, 1.165) is 5.56 Å². The van der Waals surface area contributed by atoms with Crippen LogP contribution in [0.3, 0.4) is 0 Å². The molecule has 0 aliphatic carbocycles. The Morgan fingerprint density at radius 3 is 2.87 bits per heavy atom. The van der Waals surface area contributed by atoms with E-state index in [4.69, 9.17) is 4.74 Å². The van der Waals surface area contributed by atoms with Crippen LogP contribution in [-0.4, -0.2) is 29.8 Å². The first-order valence-electron chi connectivity index (χ1n) is 7.56. The Morgan fingerprint density at radius 1 is 1.30 bits per heavy atom. The molecule has 120 valence electrons. The maximum Gasteiger partial charge on any atom is 0.261 e. The van der Waals surface area contributed by atoms with Gasteiger partial charge in [-0.3, -0.25) is 4.79 Å². The minimum Gasteiger partial charge on any atom is -0.480 e. The van der Waals surface area contributed by atoms with E-state index in [2.05, 4.69) is 5.32 Å². The van der Waals surface area contributed by atoms with Crippen LogP contribution in [-0.2, 0) is 17.6 Å². The molecular formula is C18H18FNO3. The van der Waals surface area contributed by atoms with Crippen molar-refractivity contribution in [2.24, 2.45) is 0 Å². The Balaban J connectivity index is 1.49. The summed E-state index contributed by atoms with van der Waals surface area (Å²) in [7, 11) is 0. The molecule has 2 aromatic rings. The zero-order valence-corrected chi connectivity index (χ0v) is 12.5. The lowest BCUT2D eigenvalue weighted by atomic mass is 10.1. The lowest BCUT2D eigenvalue weighted by Gasteiger charge is -2.15. The fourth-order valence-corrected chi connectivity index (χ4v) is 2.65. The number of nitrogens with one attached hydrogen (secondary N) is 1. The van der Waals surface area contributed by atoms with Gasteiger partial charge in [0, 0.05) is 24.9 Å². The second kappa shape index (κ2) is 6.79. The number of hydrogen-bond donors (Lipinski definition) is 2. The summed E-state index contributed by atoms with van der Waals surface area (Å²) in [5.74, 6) is -0.100. The first kappa shape index (κ1) is 15.5. The average molecular weight is 315 g/mol. The van der Waals surface area contributed by atoms with E-state index < -0.39 is 12.2 Å². The molecule has 0 spiro atoms. The van der Waals surface area contributed by atoms with Gasteiger partial charge in [0.25, 0.3) is 5.91 Å². The minimum atomic E-state index is -0.671. The quantitative estimate of drug-likeness (QED) is 0.885. The summed E-state index contributed by atoms with van der Waals surface area (Å²) in [6.07, 6.45) is -0.524. The highest BCUT2D eigenvalue weighted by Crippen LogP contribution is 2.29. The lowest BCUT2D eigenvalue weighted by molar-refractivity contribution is -0.127. The number of amides is 1. The molecule has 3 rings (SSSR count). The van der Waals surface area contributed by atoms with Crippen LogP contribution in [0.4, 0.5) is 4.39 Å². The van der Waals surface area contributed by atoms with Crippen molar-refractivity contribution in [1.29, 1.82) is 0 Å². The third-order valence-electron chi connectivity index (χ3n) is 3.82. The molecule has 0 fully saturated rings. The van der Waals surface area contributed by atoms with Gasteiger partial charge in [0.05, 0.1) is 6.10 Å². The van der Waals surface area contributed by atoms with Gasteiger partial charge in [-0.1, -0.05) is 30.3 Å².